The Balaban J connectivity index is 2.54. The molecule has 15 heavy (non-hydrogen) atoms. The standard InChI is InChI=1S/C10H12N2O3/c1-7-2-4-11-6-8(7)10(15)12-5-3-9(13)14/h2,4,6H,3,5H2,1H3,(H,12,15)(H,13,14). The summed E-state index contributed by atoms with van der Waals surface area (Å²) in [5, 5.41) is 10.9. The molecule has 0 aliphatic carbocycles. The van der Waals surface area contributed by atoms with E-state index in [2.05, 4.69) is 10.3 Å². The van der Waals surface area contributed by atoms with Crippen molar-refractivity contribution in [3.8, 4) is 0 Å². The van der Waals surface area contributed by atoms with E-state index in [9.17, 15) is 9.59 Å². The van der Waals surface area contributed by atoms with Crippen LogP contribution in [-0.4, -0.2) is 28.5 Å². The molecule has 1 heterocycles. The number of pyridine rings is 1. The van der Waals surface area contributed by atoms with Crippen LogP contribution in [0.25, 0.3) is 0 Å². The first-order valence-electron chi connectivity index (χ1n) is 4.52. The molecule has 2 N–H and O–H groups in total. The number of carboxylic acid groups (broad SMARTS) is 1. The van der Waals surface area contributed by atoms with Gasteiger partial charge in [0.15, 0.2) is 0 Å². The maximum Gasteiger partial charge on any atom is 0.305 e. The lowest BCUT2D eigenvalue weighted by atomic mass is 10.1. The number of aryl methyl sites for hydroxylation is 1. The van der Waals surface area contributed by atoms with Crippen LogP contribution in [0, 0.1) is 6.92 Å². The number of carbonyl (C=O) groups is 2. The van der Waals surface area contributed by atoms with E-state index < -0.39 is 5.97 Å². The van der Waals surface area contributed by atoms with E-state index in [1.807, 2.05) is 0 Å². The zero-order chi connectivity index (χ0) is 11.3. The minimum absolute atomic E-state index is 0.0783. The monoisotopic (exact) mass is 208 g/mol. The molecule has 1 amide bonds. The fourth-order valence-corrected chi connectivity index (χ4v) is 1.08. The molecule has 0 saturated heterocycles. The molecule has 80 valence electrons. The van der Waals surface area contributed by atoms with E-state index in [1.54, 1.807) is 19.2 Å². The van der Waals surface area contributed by atoms with Crippen molar-refractivity contribution in [1.29, 1.82) is 0 Å². The second kappa shape index (κ2) is 5.09. The van der Waals surface area contributed by atoms with Gasteiger partial charge in [-0.15, -0.1) is 0 Å². The van der Waals surface area contributed by atoms with Gasteiger partial charge >= 0.3 is 5.97 Å². The van der Waals surface area contributed by atoms with Crippen molar-refractivity contribution >= 4 is 11.9 Å². The van der Waals surface area contributed by atoms with E-state index in [-0.39, 0.29) is 18.9 Å². The number of carboxylic acids is 1. The molecule has 1 rings (SSSR count). The Kier molecular flexibility index (Phi) is 3.79. The van der Waals surface area contributed by atoms with Crippen LogP contribution >= 0.6 is 0 Å². The van der Waals surface area contributed by atoms with E-state index in [1.165, 1.54) is 6.20 Å². The number of hydrogen-bond donors (Lipinski definition) is 2. The van der Waals surface area contributed by atoms with Crippen LogP contribution in [0.2, 0.25) is 0 Å². The van der Waals surface area contributed by atoms with Gasteiger partial charge in [0.25, 0.3) is 5.91 Å². The van der Waals surface area contributed by atoms with Gasteiger partial charge in [-0.05, 0) is 18.6 Å². The minimum atomic E-state index is -0.932. The average Bonchev–Trinajstić information content (AvgIpc) is 2.17. The maximum absolute atomic E-state index is 11.5. The zero-order valence-corrected chi connectivity index (χ0v) is 8.36. The van der Waals surface area contributed by atoms with Gasteiger partial charge in [-0.2, -0.15) is 0 Å². The Morgan fingerprint density at radius 2 is 2.27 bits per heavy atom. The molecule has 0 bridgehead atoms. The van der Waals surface area contributed by atoms with Crippen molar-refractivity contribution in [2.45, 2.75) is 13.3 Å². The molecular weight excluding hydrogens is 196 g/mol. The second-order valence-electron chi connectivity index (χ2n) is 3.09. The fourth-order valence-electron chi connectivity index (χ4n) is 1.08. The largest absolute Gasteiger partial charge is 0.481 e. The van der Waals surface area contributed by atoms with Crippen molar-refractivity contribution in [3.05, 3.63) is 29.6 Å². The summed E-state index contributed by atoms with van der Waals surface area (Å²) in [7, 11) is 0. The predicted molar refractivity (Wildman–Crippen MR) is 53.6 cm³/mol. The molecule has 0 spiro atoms. The summed E-state index contributed by atoms with van der Waals surface area (Å²) >= 11 is 0. The van der Waals surface area contributed by atoms with Crippen LogP contribution in [0.1, 0.15) is 22.3 Å². The molecule has 1 aromatic heterocycles. The first kappa shape index (κ1) is 11.2. The van der Waals surface area contributed by atoms with Gasteiger partial charge in [-0.25, -0.2) is 0 Å². The Morgan fingerprint density at radius 1 is 1.53 bits per heavy atom. The molecular formula is C10H12N2O3. The molecule has 0 aromatic carbocycles. The molecule has 0 aliphatic heterocycles. The summed E-state index contributed by atoms with van der Waals surface area (Å²) in [5.41, 5.74) is 1.29. The molecule has 0 saturated carbocycles. The molecule has 5 nitrogen and oxygen atoms in total. The Labute approximate surface area is 87.1 Å². The predicted octanol–water partition coefficient (Wildman–Crippen LogP) is 0.595. The number of nitrogens with zero attached hydrogens (tertiary/aromatic N) is 1. The van der Waals surface area contributed by atoms with Crippen molar-refractivity contribution in [3.63, 3.8) is 0 Å². The Morgan fingerprint density at radius 3 is 2.87 bits per heavy atom. The number of aromatic nitrogens is 1. The van der Waals surface area contributed by atoms with Crippen LogP contribution in [0.3, 0.4) is 0 Å². The first-order valence-corrected chi connectivity index (χ1v) is 4.52. The van der Waals surface area contributed by atoms with Gasteiger partial charge < -0.3 is 10.4 Å². The number of amides is 1. The zero-order valence-electron chi connectivity index (χ0n) is 8.36. The highest BCUT2D eigenvalue weighted by Crippen LogP contribution is 2.03. The molecule has 5 heteroatoms. The van der Waals surface area contributed by atoms with Crippen LogP contribution < -0.4 is 5.32 Å². The summed E-state index contributed by atoms with van der Waals surface area (Å²) in [5.74, 6) is -1.22. The molecule has 0 atom stereocenters. The number of aliphatic carboxylic acids is 1. The van der Waals surface area contributed by atoms with Gasteiger partial charge in [-0.3, -0.25) is 14.6 Å². The smallest absolute Gasteiger partial charge is 0.305 e. The fraction of sp³-hybridized carbons (Fsp3) is 0.300. The first-order chi connectivity index (χ1) is 7.11. The summed E-state index contributed by atoms with van der Waals surface area (Å²) < 4.78 is 0. The number of nitrogens with one attached hydrogen (secondary N) is 1. The number of hydrogen-bond acceptors (Lipinski definition) is 3. The lowest BCUT2D eigenvalue weighted by Gasteiger charge is -2.05. The Hall–Kier alpha value is -1.91. The highest BCUT2D eigenvalue weighted by atomic mass is 16.4. The van der Waals surface area contributed by atoms with Crippen molar-refractivity contribution in [2.75, 3.05) is 6.54 Å². The molecule has 0 aliphatic rings. The topological polar surface area (TPSA) is 79.3 Å². The van der Waals surface area contributed by atoms with Crippen molar-refractivity contribution < 1.29 is 14.7 Å². The SMILES string of the molecule is Cc1ccncc1C(=O)NCCC(=O)O. The van der Waals surface area contributed by atoms with Gasteiger partial charge in [0.1, 0.15) is 0 Å². The molecule has 1 aromatic rings. The van der Waals surface area contributed by atoms with E-state index in [0.29, 0.717) is 5.56 Å². The van der Waals surface area contributed by atoms with Gasteiger partial charge in [-0.1, -0.05) is 0 Å². The lowest BCUT2D eigenvalue weighted by molar-refractivity contribution is -0.136. The van der Waals surface area contributed by atoms with E-state index in [4.69, 9.17) is 5.11 Å². The Bertz CT molecular complexity index is 377. The van der Waals surface area contributed by atoms with Crippen molar-refractivity contribution in [1.82, 2.24) is 10.3 Å². The van der Waals surface area contributed by atoms with Gasteiger partial charge in [0.05, 0.1) is 12.0 Å². The van der Waals surface area contributed by atoms with Crippen molar-refractivity contribution in [2.24, 2.45) is 0 Å². The number of carbonyl (C=O) groups excluding carboxylic acids is 1. The third-order valence-corrected chi connectivity index (χ3v) is 1.91. The third-order valence-electron chi connectivity index (χ3n) is 1.91. The van der Waals surface area contributed by atoms with Crippen LogP contribution in [0.15, 0.2) is 18.5 Å². The molecule has 0 unspecified atom stereocenters. The summed E-state index contributed by atoms with van der Waals surface area (Å²) in [6.07, 6.45) is 2.99. The average molecular weight is 208 g/mol. The van der Waals surface area contributed by atoms with Crippen LogP contribution in [-0.2, 0) is 4.79 Å². The normalized spacial score (nSPS) is 9.67. The summed E-state index contributed by atoms with van der Waals surface area (Å²) in [6, 6.07) is 1.73. The summed E-state index contributed by atoms with van der Waals surface area (Å²) in [4.78, 5) is 25.6. The van der Waals surface area contributed by atoms with E-state index in [0.717, 1.165) is 5.56 Å². The van der Waals surface area contributed by atoms with Gasteiger partial charge in [0.2, 0.25) is 0 Å². The van der Waals surface area contributed by atoms with Gasteiger partial charge in [0, 0.05) is 18.9 Å². The second-order valence-corrected chi connectivity index (χ2v) is 3.09. The minimum Gasteiger partial charge on any atom is -0.481 e. The quantitative estimate of drug-likeness (QED) is 0.759. The van der Waals surface area contributed by atoms with E-state index >= 15 is 0 Å². The van der Waals surface area contributed by atoms with Crippen LogP contribution in [0.4, 0.5) is 0 Å². The number of rotatable bonds is 4. The maximum atomic E-state index is 11.5. The highest BCUT2D eigenvalue weighted by molar-refractivity contribution is 5.95. The lowest BCUT2D eigenvalue weighted by Crippen LogP contribution is -2.26. The van der Waals surface area contributed by atoms with Crippen LogP contribution in [0.5, 0.6) is 0 Å². The third kappa shape index (κ3) is 3.38. The summed E-state index contributed by atoms with van der Waals surface area (Å²) in [6.45, 7) is 1.93. The highest BCUT2D eigenvalue weighted by Gasteiger charge is 2.08. The molecule has 0 fully saturated rings. The molecule has 0 radical (unpaired) electrons.